The van der Waals surface area contributed by atoms with Crippen LogP contribution in [-0.4, -0.2) is 16.1 Å². The molecule has 3 rings (SSSR count). The zero-order chi connectivity index (χ0) is 18.0. The second-order valence-corrected chi connectivity index (χ2v) is 6.41. The molecule has 1 aromatic heterocycles. The van der Waals surface area contributed by atoms with Crippen LogP contribution in [0.2, 0.25) is 5.02 Å². The molecule has 0 aliphatic rings. The SMILES string of the molecule is CCCC(C(=O)O)c1c(-c2ccccc2)c2cc(Cl)ccc2[nH]c1=O. The Morgan fingerprint density at radius 2 is 1.92 bits per heavy atom. The predicted octanol–water partition coefficient (Wildman–Crippen LogP) is 4.82. The molecule has 0 saturated carbocycles. The smallest absolute Gasteiger partial charge is 0.311 e. The standard InChI is InChI=1S/C20H18ClNO3/c1-2-6-14(20(24)25)18-17(12-7-4-3-5-8-12)15-11-13(21)9-10-16(15)22-19(18)23/h3-5,7-11,14H,2,6H2,1H3,(H,22,23)(H,24,25). The maximum atomic E-state index is 12.8. The van der Waals surface area contributed by atoms with Crippen LogP contribution in [0, 0.1) is 0 Å². The first kappa shape index (κ1) is 17.2. The summed E-state index contributed by atoms with van der Waals surface area (Å²) in [5.41, 5.74) is 2.00. The number of aromatic nitrogens is 1. The first-order valence-corrected chi connectivity index (χ1v) is 8.54. The average molecular weight is 356 g/mol. The molecule has 1 unspecified atom stereocenters. The van der Waals surface area contributed by atoms with Crippen molar-refractivity contribution in [3.8, 4) is 11.1 Å². The van der Waals surface area contributed by atoms with Crippen molar-refractivity contribution in [2.45, 2.75) is 25.7 Å². The van der Waals surface area contributed by atoms with E-state index in [1.807, 2.05) is 37.3 Å². The molecule has 2 N–H and O–H groups in total. The highest BCUT2D eigenvalue weighted by Gasteiger charge is 2.27. The van der Waals surface area contributed by atoms with Crippen molar-refractivity contribution in [3.63, 3.8) is 0 Å². The zero-order valence-electron chi connectivity index (χ0n) is 13.8. The molecule has 3 aromatic rings. The average Bonchev–Trinajstić information content (AvgIpc) is 2.60. The summed E-state index contributed by atoms with van der Waals surface area (Å²) in [5, 5.41) is 11.0. The molecule has 128 valence electrons. The van der Waals surface area contributed by atoms with Crippen LogP contribution in [0.4, 0.5) is 0 Å². The fourth-order valence-corrected chi connectivity index (χ4v) is 3.38. The number of halogens is 1. The van der Waals surface area contributed by atoms with Gasteiger partial charge >= 0.3 is 5.97 Å². The fraction of sp³-hybridized carbons (Fsp3) is 0.200. The Balaban J connectivity index is 2.45. The molecule has 0 amide bonds. The highest BCUT2D eigenvalue weighted by atomic mass is 35.5. The largest absolute Gasteiger partial charge is 0.481 e. The Morgan fingerprint density at radius 1 is 1.20 bits per heavy atom. The van der Waals surface area contributed by atoms with Crippen LogP contribution in [0.25, 0.3) is 22.0 Å². The van der Waals surface area contributed by atoms with E-state index in [0.29, 0.717) is 28.9 Å². The number of fused-ring (bicyclic) bond motifs is 1. The Hall–Kier alpha value is -2.59. The van der Waals surface area contributed by atoms with Crippen molar-refractivity contribution in [1.29, 1.82) is 0 Å². The van der Waals surface area contributed by atoms with E-state index in [1.165, 1.54) is 0 Å². The third-order valence-corrected chi connectivity index (χ3v) is 4.53. The number of carboxylic acids is 1. The molecule has 1 heterocycles. The summed E-state index contributed by atoms with van der Waals surface area (Å²) in [5.74, 6) is -1.86. The van der Waals surface area contributed by atoms with Crippen LogP contribution < -0.4 is 5.56 Å². The number of nitrogens with one attached hydrogen (secondary N) is 1. The summed E-state index contributed by atoms with van der Waals surface area (Å²) in [6, 6.07) is 14.6. The van der Waals surface area contributed by atoms with Gasteiger partial charge in [0.15, 0.2) is 0 Å². The molecule has 0 aliphatic heterocycles. The second kappa shape index (κ2) is 7.11. The number of rotatable bonds is 5. The first-order chi connectivity index (χ1) is 12.0. The minimum Gasteiger partial charge on any atom is -0.481 e. The van der Waals surface area contributed by atoms with Crippen molar-refractivity contribution in [2.75, 3.05) is 0 Å². The lowest BCUT2D eigenvalue weighted by molar-refractivity contribution is -0.139. The van der Waals surface area contributed by atoms with Crippen LogP contribution in [-0.2, 0) is 4.79 Å². The molecule has 4 nitrogen and oxygen atoms in total. The number of hydrogen-bond acceptors (Lipinski definition) is 2. The van der Waals surface area contributed by atoms with Gasteiger partial charge in [-0.15, -0.1) is 0 Å². The number of aliphatic carboxylic acids is 1. The fourth-order valence-electron chi connectivity index (χ4n) is 3.21. The topological polar surface area (TPSA) is 70.2 Å². The third kappa shape index (κ3) is 3.30. The third-order valence-electron chi connectivity index (χ3n) is 4.30. The molecule has 0 spiro atoms. The maximum absolute atomic E-state index is 12.8. The van der Waals surface area contributed by atoms with Gasteiger partial charge in [0.25, 0.3) is 5.56 Å². The molecule has 2 aromatic carbocycles. The van der Waals surface area contributed by atoms with E-state index >= 15 is 0 Å². The summed E-state index contributed by atoms with van der Waals surface area (Å²) in [6.45, 7) is 1.91. The molecule has 0 radical (unpaired) electrons. The molecule has 0 fully saturated rings. The van der Waals surface area contributed by atoms with Crippen LogP contribution in [0.3, 0.4) is 0 Å². The molecule has 25 heavy (non-hydrogen) atoms. The van der Waals surface area contributed by atoms with Gasteiger partial charge in [0.05, 0.1) is 5.92 Å². The Bertz CT molecular complexity index is 979. The summed E-state index contributed by atoms with van der Waals surface area (Å²) >= 11 is 6.17. The van der Waals surface area contributed by atoms with E-state index in [0.717, 1.165) is 10.9 Å². The van der Waals surface area contributed by atoms with Crippen molar-refractivity contribution in [1.82, 2.24) is 4.98 Å². The molecular weight excluding hydrogens is 338 g/mol. The zero-order valence-corrected chi connectivity index (χ0v) is 14.5. The van der Waals surface area contributed by atoms with Gasteiger partial charge in [0.2, 0.25) is 0 Å². The molecule has 5 heteroatoms. The van der Waals surface area contributed by atoms with Crippen molar-refractivity contribution in [2.24, 2.45) is 0 Å². The van der Waals surface area contributed by atoms with Gasteiger partial charge in [-0.1, -0.05) is 55.3 Å². The Morgan fingerprint density at radius 3 is 2.56 bits per heavy atom. The lowest BCUT2D eigenvalue weighted by Crippen LogP contribution is -2.23. The van der Waals surface area contributed by atoms with Crippen LogP contribution in [0.15, 0.2) is 53.3 Å². The van der Waals surface area contributed by atoms with E-state index in [1.54, 1.807) is 18.2 Å². The lowest BCUT2D eigenvalue weighted by atomic mass is 9.86. The summed E-state index contributed by atoms with van der Waals surface area (Å²) in [6.07, 6.45) is 1.06. The first-order valence-electron chi connectivity index (χ1n) is 8.16. The Kier molecular flexibility index (Phi) is 4.91. The predicted molar refractivity (Wildman–Crippen MR) is 100 cm³/mol. The summed E-state index contributed by atoms with van der Waals surface area (Å²) in [7, 11) is 0. The van der Waals surface area contributed by atoms with E-state index in [4.69, 9.17) is 11.6 Å². The molecule has 0 bridgehead atoms. The lowest BCUT2D eigenvalue weighted by Gasteiger charge is -2.18. The van der Waals surface area contributed by atoms with Crippen molar-refractivity contribution < 1.29 is 9.90 Å². The minimum absolute atomic E-state index is 0.287. The van der Waals surface area contributed by atoms with Crippen molar-refractivity contribution >= 4 is 28.5 Å². The number of carboxylic acid groups (broad SMARTS) is 1. The highest BCUT2D eigenvalue weighted by Crippen LogP contribution is 2.35. The van der Waals surface area contributed by atoms with Crippen LogP contribution in [0.1, 0.15) is 31.2 Å². The van der Waals surface area contributed by atoms with Gasteiger partial charge in [-0.25, -0.2) is 0 Å². The van der Waals surface area contributed by atoms with Gasteiger partial charge in [0, 0.05) is 27.1 Å². The number of H-pyrrole nitrogens is 1. The minimum atomic E-state index is -0.995. The number of aromatic amines is 1. The van der Waals surface area contributed by atoms with Crippen LogP contribution >= 0.6 is 11.6 Å². The Labute approximate surface area is 150 Å². The van der Waals surface area contributed by atoms with E-state index in [-0.39, 0.29) is 11.1 Å². The number of benzene rings is 2. The molecule has 0 aliphatic carbocycles. The summed E-state index contributed by atoms with van der Waals surface area (Å²) < 4.78 is 0. The number of carbonyl (C=O) groups is 1. The van der Waals surface area contributed by atoms with Gasteiger partial charge in [0.1, 0.15) is 0 Å². The van der Waals surface area contributed by atoms with Crippen molar-refractivity contribution in [3.05, 3.63) is 69.5 Å². The monoisotopic (exact) mass is 355 g/mol. The van der Waals surface area contributed by atoms with E-state index in [2.05, 4.69) is 4.98 Å². The highest BCUT2D eigenvalue weighted by molar-refractivity contribution is 6.31. The second-order valence-electron chi connectivity index (χ2n) is 5.98. The van der Waals surface area contributed by atoms with Gasteiger partial charge in [-0.05, 0) is 30.2 Å². The van der Waals surface area contributed by atoms with E-state index < -0.39 is 11.9 Å². The molecular formula is C20H18ClNO3. The number of pyridine rings is 1. The van der Waals surface area contributed by atoms with Crippen LogP contribution in [0.5, 0.6) is 0 Å². The number of hydrogen-bond donors (Lipinski definition) is 2. The van der Waals surface area contributed by atoms with Gasteiger partial charge < -0.3 is 10.1 Å². The molecule has 0 saturated heterocycles. The van der Waals surface area contributed by atoms with Gasteiger partial charge in [-0.3, -0.25) is 9.59 Å². The molecule has 1 atom stereocenters. The maximum Gasteiger partial charge on any atom is 0.311 e. The van der Waals surface area contributed by atoms with Gasteiger partial charge in [-0.2, -0.15) is 0 Å². The van der Waals surface area contributed by atoms with E-state index in [9.17, 15) is 14.7 Å². The summed E-state index contributed by atoms with van der Waals surface area (Å²) in [4.78, 5) is 27.4. The normalized spacial score (nSPS) is 12.2. The quantitative estimate of drug-likeness (QED) is 0.689.